The van der Waals surface area contributed by atoms with Crippen molar-refractivity contribution in [2.45, 2.75) is 13.8 Å². The van der Waals surface area contributed by atoms with Gasteiger partial charge in [-0.15, -0.1) is 0 Å². The Labute approximate surface area is 97.5 Å². The quantitative estimate of drug-likeness (QED) is 0.458. The van der Waals surface area contributed by atoms with Crippen molar-refractivity contribution >= 4 is 26.0 Å². The predicted molar refractivity (Wildman–Crippen MR) is 64.0 cm³/mol. The van der Waals surface area contributed by atoms with Crippen molar-refractivity contribution in [3.8, 4) is 0 Å². The fourth-order valence-electron chi connectivity index (χ4n) is 0.969. The first kappa shape index (κ1) is 11.9. The van der Waals surface area contributed by atoms with Gasteiger partial charge in [-0.3, -0.25) is 0 Å². The van der Waals surface area contributed by atoms with E-state index in [1.54, 1.807) is 6.20 Å². The molecule has 0 radical (unpaired) electrons. The van der Waals surface area contributed by atoms with Gasteiger partial charge in [0.2, 0.25) is 0 Å². The fourth-order valence-corrected chi connectivity index (χ4v) is 1.37. The molecular formula is C10H14N4Se. The van der Waals surface area contributed by atoms with Crippen LogP contribution >= 0.6 is 0 Å². The number of hydrogen-bond acceptors (Lipinski definition) is 4. The summed E-state index contributed by atoms with van der Waals surface area (Å²) in [5.41, 5.74) is 4.60. The van der Waals surface area contributed by atoms with Crippen LogP contribution in [-0.4, -0.2) is 37.5 Å². The van der Waals surface area contributed by atoms with Crippen LogP contribution in [-0.2, 0) is 0 Å². The third kappa shape index (κ3) is 4.23. The molecule has 5 heteroatoms. The molecule has 0 saturated heterocycles. The number of hydrogen-bond donors (Lipinski definition) is 2. The molecule has 4 nitrogen and oxygen atoms in total. The third-order valence-corrected chi connectivity index (χ3v) is 2.19. The van der Waals surface area contributed by atoms with E-state index in [1.165, 1.54) is 0 Å². The van der Waals surface area contributed by atoms with Crippen LogP contribution in [0, 0.1) is 0 Å². The summed E-state index contributed by atoms with van der Waals surface area (Å²) in [7, 11) is 0. The number of nitrogens with one attached hydrogen (secondary N) is 2. The molecular weight excluding hydrogens is 255 g/mol. The standard InChI is InChI=1S/C10H14N4Se/c1-3-11-10(15)14-13-8(2)9-6-4-5-7-12-9/h4-7H,3H2,1-2H3,(H2,11,14,15). The van der Waals surface area contributed by atoms with E-state index in [4.69, 9.17) is 0 Å². The van der Waals surface area contributed by atoms with Crippen molar-refractivity contribution in [2.75, 3.05) is 6.54 Å². The van der Waals surface area contributed by atoms with Crippen LogP contribution in [0.4, 0.5) is 0 Å². The molecule has 0 aliphatic rings. The number of hydrazone groups is 1. The van der Waals surface area contributed by atoms with Crippen molar-refractivity contribution < 1.29 is 0 Å². The van der Waals surface area contributed by atoms with E-state index in [-0.39, 0.29) is 0 Å². The van der Waals surface area contributed by atoms with Gasteiger partial charge in [0.25, 0.3) is 0 Å². The second kappa shape index (κ2) is 6.32. The number of rotatable bonds is 5. The summed E-state index contributed by atoms with van der Waals surface area (Å²) < 4.78 is 0.813. The van der Waals surface area contributed by atoms with Gasteiger partial charge < -0.3 is 0 Å². The molecule has 0 spiro atoms. The van der Waals surface area contributed by atoms with Gasteiger partial charge in [0.05, 0.1) is 0 Å². The molecule has 0 fully saturated rings. The normalized spacial score (nSPS) is 10.9. The van der Waals surface area contributed by atoms with Crippen molar-refractivity contribution in [1.29, 1.82) is 0 Å². The van der Waals surface area contributed by atoms with Crippen LogP contribution in [0.25, 0.3) is 0 Å². The maximum absolute atomic E-state index is 4.19. The second-order valence-electron chi connectivity index (χ2n) is 2.88. The summed E-state index contributed by atoms with van der Waals surface area (Å²) >= 11 is 2.85. The molecule has 80 valence electrons. The van der Waals surface area contributed by atoms with Crippen LogP contribution in [0.2, 0.25) is 0 Å². The van der Waals surface area contributed by atoms with Crippen molar-refractivity contribution in [3.63, 3.8) is 0 Å². The van der Waals surface area contributed by atoms with E-state index in [2.05, 4.69) is 36.4 Å². The van der Waals surface area contributed by atoms with E-state index in [0.29, 0.717) is 0 Å². The first-order chi connectivity index (χ1) is 7.24. The molecule has 2 N–H and O–H groups in total. The minimum absolute atomic E-state index is 0.813. The molecule has 1 aromatic rings. The van der Waals surface area contributed by atoms with Crippen LogP contribution in [0.3, 0.4) is 0 Å². The predicted octanol–water partition coefficient (Wildman–Crippen LogP) is 0.261. The molecule has 0 aliphatic heterocycles. The van der Waals surface area contributed by atoms with Gasteiger partial charge >= 0.3 is 97.3 Å². The molecule has 0 aliphatic carbocycles. The summed E-state index contributed by atoms with van der Waals surface area (Å²) in [6.07, 6.45) is 1.75. The Morgan fingerprint density at radius 1 is 1.53 bits per heavy atom. The molecule has 0 saturated carbocycles. The molecule has 0 atom stereocenters. The average Bonchev–Trinajstić information content (AvgIpc) is 2.27. The zero-order valence-electron chi connectivity index (χ0n) is 8.82. The monoisotopic (exact) mass is 270 g/mol. The van der Waals surface area contributed by atoms with Gasteiger partial charge in [0.15, 0.2) is 0 Å². The summed E-state index contributed by atoms with van der Waals surface area (Å²) in [5.74, 6) is 0. The van der Waals surface area contributed by atoms with Gasteiger partial charge in [0, 0.05) is 0 Å². The topological polar surface area (TPSA) is 49.3 Å². The van der Waals surface area contributed by atoms with Crippen molar-refractivity contribution in [2.24, 2.45) is 5.10 Å². The van der Waals surface area contributed by atoms with Crippen LogP contribution < -0.4 is 10.7 Å². The van der Waals surface area contributed by atoms with E-state index >= 15 is 0 Å². The Morgan fingerprint density at radius 3 is 2.93 bits per heavy atom. The molecule has 15 heavy (non-hydrogen) atoms. The Balaban J connectivity index is 2.57. The Morgan fingerprint density at radius 2 is 2.33 bits per heavy atom. The van der Waals surface area contributed by atoms with Gasteiger partial charge in [-0.2, -0.15) is 0 Å². The molecule has 1 rings (SSSR count). The number of nitrogens with zero attached hydrogens (tertiary/aromatic N) is 2. The zero-order valence-corrected chi connectivity index (χ0v) is 10.5. The second-order valence-corrected chi connectivity index (χ2v) is 3.74. The summed E-state index contributed by atoms with van der Waals surface area (Å²) in [6.45, 7) is 4.79. The average molecular weight is 269 g/mol. The Bertz CT molecular complexity index is 348. The van der Waals surface area contributed by atoms with Gasteiger partial charge in [0.1, 0.15) is 0 Å². The molecule has 1 heterocycles. The first-order valence-electron chi connectivity index (χ1n) is 4.73. The van der Waals surface area contributed by atoms with Gasteiger partial charge in [-0.25, -0.2) is 0 Å². The van der Waals surface area contributed by atoms with Crippen molar-refractivity contribution in [3.05, 3.63) is 30.1 Å². The zero-order chi connectivity index (χ0) is 11.1. The van der Waals surface area contributed by atoms with E-state index in [9.17, 15) is 0 Å². The minimum atomic E-state index is 0.813. The van der Waals surface area contributed by atoms with E-state index < -0.39 is 0 Å². The van der Waals surface area contributed by atoms with Gasteiger partial charge in [-0.05, 0) is 0 Å². The van der Waals surface area contributed by atoms with Gasteiger partial charge in [-0.1, -0.05) is 0 Å². The molecule has 0 bridgehead atoms. The summed E-state index contributed by atoms with van der Waals surface area (Å²) in [6, 6.07) is 5.75. The molecule has 0 unspecified atom stereocenters. The van der Waals surface area contributed by atoms with E-state index in [0.717, 1.165) is 22.6 Å². The summed E-state index contributed by atoms with van der Waals surface area (Å²) in [4.78, 5) is 4.19. The van der Waals surface area contributed by atoms with Crippen LogP contribution in [0.15, 0.2) is 29.5 Å². The first-order valence-corrected chi connectivity index (χ1v) is 5.59. The molecule has 0 amide bonds. The Hall–Kier alpha value is -1.19. The third-order valence-electron chi connectivity index (χ3n) is 1.70. The SMILES string of the molecule is CCNC(=[Se])NN=C(C)c1ccccn1. The molecule has 0 aromatic carbocycles. The fraction of sp³-hybridized carbons (Fsp3) is 0.300. The van der Waals surface area contributed by atoms with E-state index in [1.807, 2.05) is 32.0 Å². The number of aromatic nitrogens is 1. The molecule has 1 aromatic heterocycles. The van der Waals surface area contributed by atoms with Crippen molar-refractivity contribution in [1.82, 2.24) is 15.7 Å². The van der Waals surface area contributed by atoms with Crippen LogP contribution in [0.5, 0.6) is 0 Å². The Kier molecular flexibility index (Phi) is 5.01. The number of pyridine rings is 1. The summed E-state index contributed by atoms with van der Waals surface area (Å²) in [5, 5.41) is 7.26. The van der Waals surface area contributed by atoms with Crippen LogP contribution in [0.1, 0.15) is 19.5 Å². The maximum atomic E-state index is 4.19.